The zero-order valence-corrected chi connectivity index (χ0v) is 12.3. The Kier molecular flexibility index (Phi) is 5.31. The normalized spacial score (nSPS) is 18.8. The predicted molar refractivity (Wildman–Crippen MR) is 78.6 cm³/mol. The molecule has 1 aromatic rings. The fourth-order valence-corrected chi connectivity index (χ4v) is 3.01. The SMILES string of the molecule is CCC[C@@H](c1cccc(Cl)c1Cl)N1CCNCC1. The number of piperazine rings is 1. The van der Waals surface area contributed by atoms with Crippen LogP contribution in [0.15, 0.2) is 18.2 Å². The lowest BCUT2D eigenvalue weighted by molar-refractivity contribution is 0.164. The molecule has 2 rings (SSSR count). The Morgan fingerprint density at radius 2 is 2.00 bits per heavy atom. The summed E-state index contributed by atoms with van der Waals surface area (Å²) in [4.78, 5) is 2.51. The van der Waals surface area contributed by atoms with Gasteiger partial charge in [0.05, 0.1) is 10.0 Å². The Balaban J connectivity index is 2.25. The van der Waals surface area contributed by atoms with Gasteiger partial charge in [-0.05, 0) is 18.1 Å². The number of nitrogens with one attached hydrogen (secondary N) is 1. The van der Waals surface area contributed by atoms with Crippen LogP contribution in [0.5, 0.6) is 0 Å². The van der Waals surface area contributed by atoms with Gasteiger partial charge in [-0.3, -0.25) is 4.90 Å². The van der Waals surface area contributed by atoms with E-state index in [1.165, 1.54) is 5.56 Å². The van der Waals surface area contributed by atoms with Crippen LogP contribution < -0.4 is 5.32 Å². The van der Waals surface area contributed by atoms with Gasteiger partial charge in [-0.1, -0.05) is 48.7 Å². The van der Waals surface area contributed by atoms with Crippen molar-refractivity contribution < 1.29 is 0 Å². The van der Waals surface area contributed by atoms with E-state index in [1.54, 1.807) is 0 Å². The van der Waals surface area contributed by atoms with Crippen molar-refractivity contribution in [3.05, 3.63) is 33.8 Å². The van der Waals surface area contributed by atoms with Gasteiger partial charge in [0, 0.05) is 32.2 Å². The summed E-state index contributed by atoms with van der Waals surface area (Å²) in [6, 6.07) is 6.35. The molecule has 100 valence electrons. The third-order valence-electron chi connectivity index (χ3n) is 3.49. The molecule has 0 radical (unpaired) electrons. The van der Waals surface area contributed by atoms with E-state index in [0.717, 1.165) is 44.0 Å². The minimum absolute atomic E-state index is 0.392. The van der Waals surface area contributed by atoms with E-state index >= 15 is 0 Å². The molecule has 0 spiro atoms. The maximum atomic E-state index is 6.37. The average molecular weight is 287 g/mol. The summed E-state index contributed by atoms with van der Waals surface area (Å²) >= 11 is 12.5. The number of nitrogens with zero attached hydrogens (tertiary/aromatic N) is 1. The number of hydrogen-bond donors (Lipinski definition) is 1. The minimum atomic E-state index is 0.392. The summed E-state index contributed by atoms with van der Waals surface area (Å²) in [7, 11) is 0. The van der Waals surface area contributed by atoms with E-state index in [1.807, 2.05) is 12.1 Å². The Morgan fingerprint density at radius 1 is 1.28 bits per heavy atom. The number of benzene rings is 1. The molecule has 1 atom stereocenters. The molecule has 1 aromatic carbocycles. The molecule has 0 aliphatic carbocycles. The molecule has 0 unspecified atom stereocenters. The van der Waals surface area contributed by atoms with Crippen LogP contribution in [-0.4, -0.2) is 31.1 Å². The molecular weight excluding hydrogens is 267 g/mol. The molecule has 1 aliphatic rings. The van der Waals surface area contributed by atoms with Gasteiger partial charge < -0.3 is 5.32 Å². The van der Waals surface area contributed by atoms with Crippen molar-refractivity contribution in [3.63, 3.8) is 0 Å². The van der Waals surface area contributed by atoms with Crippen molar-refractivity contribution in [2.24, 2.45) is 0 Å². The summed E-state index contributed by atoms with van der Waals surface area (Å²) < 4.78 is 0. The summed E-state index contributed by atoms with van der Waals surface area (Å²) in [6.45, 7) is 6.48. The first-order chi connectivity index (χ1) is 8.74. The van der Waals surface area contributed by atoms with Gasteiger partial charge in [-0.25, -0.2) is 0 Å². The molecule has 0 amide bonds. The standard InChI is InChI=1S/C14H20Cl2N2/c1-2-4-13(18-9-7-17-8-10-18)11-5-3-6-12(15)14(11)16/h3,5-6,13,17H,2,4,7-10H2,1H3/t13-/m0/s1. The van der Waals surface area contributed by atoms with Crippen LogP contribution in [-0.2, 0) is 0 Å². The van der Waals surface area contributed by atoms with Crippen molar-refractivity contribution in [2.45, 2.75) is 25.8 Å². The van der Waals surface area contributed by atoms with Crippen LogP contribution in [0, 0.1) is 0 Å². The highest BCUT2D eigenvalue weighted by Gasteiger charge is 2.23. The monoisotopic (exact) mass is 286 g/mol. The van der Waals surface area contributed by atoms with Crippen LogP contribution in [0.25, 0.3) is 0 Å². The van der Waals surface area contributed by atoms with Gasteiger partial charge >= 0.3 is 0 Å². The number of hydrogen-bond acceptors (Lipinski definition) is 2. The van der Waals surface area contributed by atoms with Gasteiger partial charge in [0.15, 0.2) is 0 Å². The number of rotatable bonds is 4. The zero-order valence-electron chi connectivity index (χ0n) is 10.8. The molecular formula is C14H20Cl2N2. The summed E-state index contributed by atoms with van der Waals surface area (Å²) in [6.07, 6.45) is 2.28. The van der Waals surface area contributed by atoms with E-state index in [2.05, 4.69) is 23.2 Å². The Hall–Kier alpha value is -0.280. The molecule has 0 bridgehead atoms. The highest BCUT2D eigenvalue weighted by Crippen LogP contribution is 2.35. The quantitative estimate of drug-likeness (QED) is 0.907. The predicted octanol–water partition coefficient (Wildman–Crippen LogP) is 3.74. The van der Waals surface area contributed by atoms with Gasteiger partial charge in [0.25, 0.3) is 0 Å². The molecule has 1 N–H and O–H groups in total. The third kappa shape index (κ3) is 3.18. The largest absolute Gasteiger partial charge is 0.314 e. The second-order valence-electron chi connectivity index (χ2n) is 4.73. The Bertz CT molecular complexity index is 389. The van der Waals surface area contributed by atoms with Gasteiger partial charge in [-0.2, -0.15) is 0 Å². The number of halogens is 2. The molecule has 4 heteroatoms. The molecule has 0 saturated carbocycles. The van der Waals surface area contributed by atoms with Crippen LogP contribution in [0.4, 0.5) is 0 Å². The van der Waals surface area contributed by atoms with Crippen molar-refractivity contribution in [1.82, 2.24) is 10.2 Å². The highest BCUT2D eigenvalue weighted by molar-refractivity contribution is 6.42. The maximum Gasteiger partial charge on any atom is 0.0640 e. The van der Waals surface area contributed by atoms with Crippen LogP contribution in [0.3, 0.4) is 0 Å². The van der Waals surface area contributed by atoms with E-state index in [0.29, 0.717) is 11.1 Å². The fraction of sp³-hybridized carbons (Fsp3) is 0.571. The van der Waals surface area contributed by atoms with Gasteiger partial charge in [-0.15, -0.1) is 0 Å². The van der Waals surface area contributed by atoms with E-state index in [4.69, 9.17) is 23.2 Å². The molecule has 2 nitrogen and oxygen atoms in total. The Labute approximate surface area is 119 Å². The topological polar surface area (TPSA) is 15.3 Å². The highest BCUT2D eigenvalue weighted by atomic mass is 35.5. The van der Waals surface area contributed by atoms with Gasteiger partial charge in [0.1, 0.15) is 0 Å². The molecule has 1 fully saturated rings. The molecule has 1 heterocycles. The molecule has 1 aliphatic heterocycles. The zero-order chi connectivity index (χ0) is 13.0. The van der Waals surface area contributed by atoms with Crippen molar-refractivity contribution >= 4 is 23.2 Å². The van der Waals surface area contributed by atoms with Crippen molar-refractivity contribution in [1.29, 1.82) is 0 Å². The lowest BCUT2D eigenvalue weighted by Crippen LogP contribution is -2.45. The van der Waals surface area contributed by atoms with Crippen LogP contribution >= 0.6 is 23.2 Å². The summed E-state index contributed by atoms with van der Waals surface area (Å²) in [5.74, 6) is 0. The second kappa shape index (κ2) is 6.76. The van der Waals surface area contributed by atoms with Crippen LogP contribution in [0.2, 0.25) is 10.0 Å². The molecule has 18 heavy (non-hydrogen) atoms. The van der Waals surface area contributed by atoms with E-state index < -0.39 is 0 Å². The molecule has 1 saturated heterocycles. The summed E-state index contributed by atoms with van der Waals surface area (Å²) in [5.41, 5.74) is 1.17. The lowest BCUT2D eigenvalue weighted by Gasteiger charge is -2.35. The average Bonchev–Trinajstić information content (AvgIpc) is 2.41. The Morgan fingerprint density at radius 3 is 2.67 bits per heavy atom. The van der Waals surface area contributed by atoms with E-state index in [-0.39, 0.29) is 0 Å². The summed E-state index contributed by atoms with van der Waals surface area (Å²) in [5, 5.41) is 4.76. The van der Waals surface area contributed by atoms with Crippen LogP contribution in [0.1, 0.15) is 31.4 Å². The molecule has 0 aromatic heterocycles. The van der Waals surface area contributed by atoms with Gasteiger partial charge in [0.2, 0.25) is 0 Å². The fourth-order valence-electron chi connectivity index (χ4n) is 2.58. The third-order valence-corrected chi connectivity index (χ3v) is 4.33. The first kappa shape index (κ1) is 14.1. The first-order valence-electron chi connectivity index (χ1n) is 6.62. The maximum absolute atomic E-state index is 6.37. The van der Waals surface area contributed by atoms with Crippen molar-refractivity contribution in [3.8, 4) is 0 Å². The smallest absolute Gasteiger partial charge is 0.0640 e. The first-order valence-corrected chi connectivity index (χ1v) is 7.38. The van der Waals surface area contributed by atoms with E-state index in [9.17, 15) is 0 Å². The second-order valence-corrected chi connectivity index (χ2v) is 5.52. The lowest BCUT2D eigenvalue weighted by atomic mass is 10.00. The minimum Gasteiger partial charge on any atom is -0.314 e. The van der Waals surface area contributed by atoms with Crippen molar-refractivity contribution in [2.75, 3.05) is 26.2 Å².